The first-order valence-corrected chi connectivity index (χ1v) is 11.2. The minimum Gasteiger partial charge on any atom is -0.497 e. The van der Waals surface area contributed by atoms with Crippen LogP contribution in [0, 0.1) is 0 Å². The number of rotatable bonds is 12. The molecule has 3 aromatic carbocycles. The van der Waals surface area contributed by atoms with Gasteiger partial charge in [0.25, 0.3) is 5.91 Å². The summed E-state index contributed by atoms with van der Waals surface area (Å²) in [5.74, 6) is 1.54. The number of esters is 1. The van der Waals surface area contributed by atoms with E-state index in [4.69, 9.17) is 33.2 Å². The third kappa shape index (κ3) is 7.06. The van der Waals surface area contributed by atoms with E-state index in [2.05, 4.69) is 10.5 Å². The number of nitrogens with zero attached hydrogens (tertiary/aromatic N) is 1. The highest BCUT2D eigenvalue weighted by molar-refractivity contribution is 5.93. The van der Waals surface area contributed by atoms with Crippen LogP contribution in [0.1, 0.15) is 15.9 Å². The summed E-state index contributed by atoms with van der Waals surface area (Å²) in [5, 5.41) is 3.92. The Hall–Kier alpha value is -4.93. The van der Waals surface area contributed by atoms with Gasteiger partial charge >= 0.3 is 5.97 Å². The molecule has 0 unspecified atom stereocenters. The van der Waals surface area contributed by atoms with Crippen LogP contribution in [-0.2, 0) is 4.79 Å². The van der Waals surface area contributed by atoms with Crippen LogP contribution in [0.25, 0.3) is 0 Å². The summed E-state index contributed by atoms with van der Waals surface area (Å²) in [5.41, 5.74) is 3.16. The number of hydrazone groups is 1. The van der Waals surface area contributed by atoms with Crippen molar-refractivity contribution < 1.29 is 42.7 Å². The van der Waals surface area contributed by atoms with Crippen molar-refractivity contribution in [3.05, 3.63) is 65.7 Å². The largest absolute Gasteiger partial charge is 0.497 e. The zero-order valence-corrected chi connectivity index (χ0v) is 21.6. The van der Waals surface area contributed by atoms with E-state index in [0.29, 0.717) is 34.3 Å². The lowest BCUT2D eigenvalue weighted by atomic mass is 10.1. The molecular formula is C27H28N2O9. The number of amides is 1. The van der Waals surface area contributed by atoms with Gasteiger partial charge in [-0.3, -0.25) is 4.79 Å². The molecule has 1 N–H and O–H groups in total. The van der Waals surface area contributed by atoms with Gasteiger partial charge in [-0.05, 0) is 60.2 Å². The van der Waals surface area contributed by atoms with Crippen LogP contribution in [0.3, 0.4) is 0 Å². The molecule has 3 rings (SSSR count). The van der Waals surface area contributed by atoms with Gasteiger partial charge in [-0.15, -0.1) is 0 Å². The third-order valence-corrected chi connectivity index (χ3v) is 5.12. The Bertz CT molecular complexity index is 1270. The van der Waals surface area contributed by atoms with Gasteiger partial charge < -0.3 is 33.2 Å². The number of carbonyl (C=O) groups excluding carboxylic acids is 2. The predicted octanol–water partition coefficient (Wildman–Crippen LogP) is 3.48. The molecule has 0 bridgehead atoms. The van der Waals surface area contributed by atoms with Crippen LogP contribution < -0.4 is 38.6 Å². The summed E-state index contributed by atoms with van der Waals surface area (Å²) in [6, 6.07) is 14.6. The first-order chi connectivity index (χ1) is 18.4. The van der Waals surface area contributed by atoms with Gasteiger partial charge in [0.05, 0.1) is 47.3 Å². The maximum atomic E-state index is 12.8. The fourth-order valence-corrected chi connectivity index (χ4v) is 3.24. The highest BCUT2D eigenvalue weighted by Gasteiger charge is 2.19. The van der Waals surface area contributed by atoms with Gasteiger partial charge in [0, 0.05) is 0 Å². The highest BCUT2D eigenvalue weighted by Crippen LogP contribution is 2.38. The number of hydrogen-bond acceptors (Lipinski definition) is 10. The monoisotopic (exact) mass is 524 g/mol. The van der Waals surface area contributed by atoms with Crippen LogP contribution >= 0.6 is 0 Å². The molecule has 0 saturated heterocycles. The van der Waals surface area contributed by atoms with E-state index in [1.807, 2.05) is 0 Å². The van der Waals surface area contributed by atoms with Crippen molar-refractivity contribution in [1.82, 2.24) is 5.43 Å². The van der Waals surface area contributed by atoms with Crippen molar-refractivity contribution in [2.45, 2.75) is 0 Å². The molecule has 0 aliphatic heterocycles. The summed E-state index contributed by atoms with van der Waals surface area (Å²) in [4.78, 5) is 24.8. The molecule has 38 heavy (non-hydrogen) atoms. The number of methoxy groups -OCH3 is 5. The predicted molar refractivity (Wildman–Crippen MR) is 138 cm³/mol. The number of ether oxygens (including phenoxy) is 7. The summed E-state index contributed by atoms with van der Waals surface area (Å²) in [7, 11) is 7.37. The first kappa shape index (κ1) is 27.7. The molecule has 3 aromatic rings. The Labute approximate surface area is 219 Å². The number of hydrogen-bond donors (Lipinski definition) is 1. The van der Waals surface area contributed by atoms with E-state index in [1.54, 1.807) is 49.6 Å². The van der Waals surface area contributed by atoms with E-state index < -0.39 is 11.9 Å². The average molecular weight is 525 g/mol. The van der Waals surface area contributed by atoms with Crippen molar-refractivity contribution >= 4 is 18.1 Å². The van der Waals surface area contributed by atoms with Crippen LogP contribution in [-0.4, -0.2) is 60.2 Å². The smallest absolute Gasteiger partial charge is 0.343 e. The van der Waals surface area contributed by atoms with Crippen LogP contribution in [0.4, 0.5) is 0 Å². The Kier molecular flexibility index (Phi) is 9.75. The summed E-state index contributed by atoms with van der Waals surface area (Å²) in [6.07, 6.45) is 1.42. The lowest BCUT2D eigenvalue weighted by molar-refractivity contribution is -0.123. The minimum atomic E-state index is -0.659. The number of carbonyl (C=O) groups is 2. The number of nitrogens with one attached hydrogen (secondary N) is 1. The molecular weight excluding hydrogens is 496 g/mol. The first-order valence-electron chi connectivity index (χ1n) is 11.2. The second-order valence-corrected chi connectivity index (χ2v) is 7.47. The topological polar surface area (TPSA) is 123 Å². The molecule has 11 nitrogen and oxygen atoms in total. The molecule has 0 aromatic heterocycles. The molecule has 1 amide bonds. The molecule has 0 spiro atoms. The molecule has 0 saturated carbocycles. The standard InChI is InChI=1S/C27H28N2O9/c1-32-19-7-9-20(10-8-19)37-16-25(30)29-28-15-17-6-11-21(22(12-17)33-2)38-27(31)18-13-23(34-3)26(36-5)24(14-18)35-4/h6-15H,16H2,1-5H3,(H,29,30)/b28-15-. The number of benzene rings is 3. The fourth-order valence-electron chi connectivity index (χ4n) is 3.24. The van der Waals surface area contributed by atoms with E-state index >= 15 is 0 Å². The van der Waals surface area contributed by atoms with Gasteiger partial charge in [-0.25, -0.2) is 10.2 Å². The maximum absolute atomic E-state index is 12.8. The van der Waals surface area contributed by atoms with Gasteiger partial charge in [0.1, 0.15) is 11.5 Å². The van der Waals surface area contributed by atoms with Crippen LogP contribution in [0.15, 0.2) is 59.7 Å². The van der Waals surface area contributed by atoms with E-state index in [9.17, 15) is 9.59 Å². The van der Waals surface area contributed by atoms with Gasteiger partial charge in [-0.2, -0.15) is 5.10 Å². The van der Waals surface area contributed by atoms with Crippen LogP contribution in [0.5, 0.6) is 40.2 Å². The third-order valence-electron chi connectivity index (χ3n) is 5.12. The van der Waals surface area contributed by atoms with E-state index in [0.717, 1.165) is 0 Å². The molecule has 0 fully saturated rings. The Balaban J connectivity index is 1.62. The molecule has 0 radical (unpaired) electrons. The highest BCUT2D eigenvalue weighted by atomic mass is 16.6. The molecule has 0 heterocycles. The van der Waals surface area contributed by atoms with Crippen molar-refractivity contribution in [3.8, 4) is 40.2 Å². The summed E-state index contributed by atoms with van der Waals surface area (Å²) in [6.45, 7) is -0.219. The molecule has 0 atom stereocenters. The minimum absolute atomic E-state index is 0.181. The van der Waals surface area contributed by atoms with Crippen molar-refractivity contribution in [3.63, 3.8) is 0 Å². The van der Waals surface area contributed by atoms with E-state index in [-0.39, 0.29) is 23.7 Å². The summed E-state index contributed by atoms with van der Waals surface area (Å²) >= 11 is 0. The average Bonchev–Trinajstić information content (AvgIpc) is 2.95. The quantitative estimate of drug-likeness (QED) is 0.164. The molecule has 200 valence electrons. The van der Waals surface area contributed by atoms with Crippen molar-refractivity contribution in [1.29, 1.82) is 0 Å². The zero-order valence-electron chi connectivity index (χ0n) is 21.6. The fraction of sp³-hybridized carbons (Fsp3) is 0.222. The Morgan fingerprint density at radius 2 is 1.37 bits per heavy atom. The Morgan fingerprint density at radius 3 is 1.95 bits per heavy atom. The van der Waals surface area contributed by atoms with E-state index in [1.165, 1.54) is 46.8 Å². The van der Waals surface area contributed by atoms with Crippen molar-refractivity contribution in [2.75, 3.05) is 42.2 Å². The molecule has 0 aliphatic rings. The second-order valence-electron chi connectivity index (χ2n) is 7.47. The van der Waals surface area contributed by atoms with Crippen molar-refractivity contribution in [2.24, 2.45) is 5.10 Å². The summed E-state index contributed by atoms with van der Waals surface area (Å²) < 4.78 is 37.2. The second kappa shape index (κ2) is 13.4. The maximum Gasteiger partial charge on any atom is 0.343 e. The molecule has 11 heteroatoms. The zero-order chi connectivity index (χ0) is 27.5. The normalized spacial score (nSPS) is 10.4. The van der Waals surface area contributed by atoms with Gasteiger partial charge in [0.15, 0.2) is 29.6 Å². The lowest BCUT2D eigenvalue weighted by Gasteiger charge is -2.14. The van der Waals surface area contributed by atoms with Crippen LogP contribution in [0.2, 0.25) is 0 Å². The Morgan fingerprint density at radius 1 is 0.737 bits per heavy atom. The lowest BCUT2D eigenvalue weighted by Crippen LogP contribution is -2.24. The molecule has 0 aliphatic carbocycles. The van der Waals surface area contributed by atoms with Gasteiger partial charge in [-0.1, -0.05) is 0 Å². The van der Waals surface area contributed by atoms with Gasteiger partial charge in [0.2, 0.25) is 5.75 Å². The SMILES string of the molecule is COc1ccc(OCC(=O)N/N=C\c2ccc(OC(=O)c3cc(OC)c(OC)c(OC)c3)c(OC)c2)cc1.